The molecule has 1 amide bonds. The summed E-state index contributed by atoms with van der Waals surface area (Å²) < 4.78 is 51.0. The highest BCUT2D eigenvalue weighted by Gasteiger charge is 2.59. The van der Waals surface area contributed by atoms with Crippen LogP contribution in [0.25, 0.3) is 39.0 Å². The number of carbonyl (C=O) groups is 1. The number of rotatable bonds is 7. The molecule has 2 N–H and O–H groups in total. The van der Waals surface area contributed by atoms with Gasteiger partial charge in [-0.15, -0.1) is 0 Å². The number of hydrogen-bond donors (Lipinski definition) is 2. The summed E-state index contributed by atoms with van der Waals surface area (Å²) >= 11 is 0. The Kier molecular flexibility index (Phi) is 9.83. The first-order valence-corrected chi connectivity index (χ1v) is 24.2. The minimum absolute atomic E-state index is 0.0143. The van der Waals surface area contributed by atoms with E-state index in [0.717, 1.165) is 29.4 Å². The van der Waals surface area contributed by atoms with Gasteiger partial charge in [-0.05, 0) is 151 Å². The maximum atomic E-state index is 16.4. The van der Waals surface area contributed by atoms with Gasteiger partial charge in [0.2, 0.25) is 0 Å². The highest BCUT2D eigenvalue weighted by molar-refractivity contribution is 6.00. The van der Waals surface area contributed by atoms with Gasteiger partial charge in [0.05, 0.1) is 45.8 Å². The number of imidazole rings is 1. The average Bonchev–Trinajstić information content (AvgIpc) is 3.98. The lowest BCUT2D eigenvalue weighted by Gasteiger charge is -2.47. The van der Waals surface area contributed by atoms with Gasteiger partial charge in [-0.2, -0.15) is 10.2 Å². The van der Waals surface area contributed by atoms with E-state index in [1.807, 2.05) is 17.9 Å². The number of fused-ring (bicyclic) bond motifs is 4. The van der Waals surface area contributed by atoms with Crippen molar-refractivity contribution in [1.29, 1.82) is 0 Å². The third kappa shape index (κ3) is 6.51. The van der Waals surface area contributed by atoms with Gasteiger partial charge < -0.3 is 19.5 Å². The molecular weight excluding hydrogens is 897 g/mol. The summed E-state index contributed by atoms with van der Waals surface area (Å²) in [5, 5.41) is 18.5. The lowest BCUT2D eigenvalue weighted by Crippen LogP contribution is -2.54. The second-order valence-corrected chi connectivity index (χ2v) is 20.9. The Morgan fingerprint density at radius 1 is 0.914 bits per heavy atom. The van der Waals surface area contributed by atoms with E-state index in [4.69, 9.17) is 14.4 Å². The zero-order valence-corrected chi connectivity index (χ0v) is 40.3. The molecule has 8 aromatic rings. The largest absolute Gasteiger partial charge is 0.438 e. The molecule has 362 valence electrons. The monoisotopic (exact) mass is 951 g/mol. The van der Waals surface area contributed by atoms with Crippen molar-refractivity contribution in [2.75, 3.05) is 26.2 Å². The van der Waals surface area contributed by atoms with Crippen molar-refractivity contribution >= 4 is 27.7 Å². The molecule has 8 heterocycles. The van der Waals surface area contributed by atoms with Crippen LogP contribution in [-0.2, 0) is 22.7 Å². The molecule has 12 rings (SSSR count). The van der Waals surface area contributed by atoms with Gasteiger partial charge in [0.1, 0.15) is 22.9 Å². The molecule has 16 nitrogen and oxygen atoms in total. The van der Waals surface area contributed by atoms with Gasteiger partial charge in [0, 0.05) is 54.5 Å². The summed E-state index contributed by atoms with van der Waals surface area (Å²) in [5.41, 5.74) is 3.41. The Bertz CT molecular complexity index is 3560. The first-order valence-electron chi connectivity index (χ1n) is 24.2. The third-order valence-electron chi connectivity index (χ3n) is 16.1. The van der Waals surface area contributed by atoms with E-state index in [0.29, 0.717) is 90.7 Å². The maximum absolute atomic E-state index is 16.4. The maximum Gasteiger partial charge on any atom is 0.438 e. The quantitative estimate of drug-likeness (QED) is 0.164. The van der Waals surface area contributed by atoms with E-state index in [9.17, 15) is 4.79 Å². The van der Waals surface area contributed by atoms with Crippen LogP contribution in [0, 0.1) is 31.4 Å². The van der Waals surface area contributed by atoms with Crippen LogP contribution in [0.4, 0.5) is 8.78 Å². The lowest BCUT2D eigenvalue weighted by molar-refractivity contribution is -0.0592. The van der Waals surface area contributed by atoms with Gasteiger partial charge in [-0.3, -0.25) is 28.1 Å². The van der Waals surface area contributed by atoms with Crippen LogP contribution < -0.4 is 16.8 Å². The summed E-state index contributed by atoms with van der Waals surface area (Å²) in [6.07, 6.45) is 8.17. The van der Waals surface area contributed by atoms with E-state index < -0.39 is 34.3 Å². The van der Waals surface area contributed by atoms with Gasteiger partial charge in [-0.25, -0.2) is 23.1 Å². The number of ether oxygens (including phenoxy) is 1. The van der Waals surface area contributed by atoms with Crippen LogP contribution in [0.5, 0.6) is 0 Å². The Labute approximate surface area is 400 Å². The molecule has 70 heavy (non-hydrogen) atoms. The number of H-pyrrole nitrogens is 1. The Morgan fingerprint density at radius 3 is 2.34 bits per heavy atom. The number of hydrogen-bond acceptors (Lipinski definition) is 9. The fourth-order valence-corrected chi connectivity index (χ4v) is 12.3. The number of amides is 1. The summed E-state index contributed by atoms with van der Waals surface area (Å²) in [6.45, 7) is 14.0. The van der Waals surface area contributed by atoms with Crippen LogP contribution in [-0.4, -0.2) is 86.1 Å². The fraction of sp³-hybridized carbons (Fsp3) is 0.423. The van der Waals surface area contributed by atoms with E-state index in [-0.39, 0.29) is 40.2 Å². The predicted molar refractivity (Wildman–Crippen MR) is 257 cm³/mol. The van der Waals surface area contributed by atoms with E-state index >= 15 is 18.4 Å². The van der Waals surface area contributed by atoms with E-state index in [1.165, 1.54) is 27.1 Å². The topological polar surface area (TPSA) is 168 Å². The fourth-order valence-electron chi connectivity index (χ4n) is 12.3. The summed E-state index contributed by atoms with van der Waals surface area (Å²) in [4.78, 5) is 48.5. The number of nitrogens with one attached hydrogen (secondary N) is 2. The molecule has 5 aromatic heterocycles. The second-order valence-electron chi connectivity index (χ2n) is 20.9. The predicted octanol–water partition coefficient (Wildman–Crippen LogP) is 7.52. The zero-order valence-electron chi connectivity index (χ0n) is 40.3. The summed E-state index contributed by atoms with van der Waals surface area (Å²) in [6, 6.07) is 14.4. The zero-order chi connectivity index (χ0) is 48.8. The van der Waals surface area contributed by atoms with Gasteiger partial charge in [-0.1, -0.05) is 18.1 Å². The molecule has 3 fully saturated rings. The normalized spacial score (nSPS) is 22.9. The van der Waals surface area contributed by atoms with Crippen molar-refractivity contribution < 1.29 is 22.8 Å². The van der Waals surface area contributed by atoms with Crippen LogP contribution in [0.1, 0.15) is 116 Å². The van der Waals surface area contributed by atoms with Gasteiger partial charge in [0.25, 0.3) is 5.91 Å². The summed E-state index contributed by atoms with van der Waals surface area (Å²) in [5.74, 6) is -0.890. The molecule has 18 heteroatoms. The van der Waals surface area contributed by atoms with Crippen molar-refractivity contribution in [3.8, 4) is 17.2 Å². The van der Waals surface area contributed by atoms with Crippen LogP contribution >= 0.6 is 0 Å². The molecular formula is C52H55F2N11O5. The number of piperidine rings is 1. The highest BCUT2D eigenvalue weighted by atomic mass is 19.1. The number of aromatic amines is 1. The van der Waals surface area contributed by atoms with Crippen LogP contribution in [0.3, 0.4) is 0 Å². The molecule has 0 bridgehead atoms. The molecule has 3 aliphatic heterocycles. The molecule has 1 spiro atoms. The lowest BCUT2D eigenvalue weighted by atomic mass is 9.70. The molecule has 1 saturated carbocycles. The molecule has 0 unspecified atom stereocenters. The van der Waals surface area contributed by atoms with E-state index in [2.05, 4.69) is 64.1 Å². The molecule has 4 aliphatic rings. The summed E-state index contributed by atoms with van der Waals surface area (Å²) in [7, 11) is 1.73. The second kappa shape index (κ2) is 15.5. The SMILES string of the molecule is Cc1cc(-n2nc3c(c2-n2ccn(-c4ccc5c(cnn5C)c4F)c2=O)[C@H](C)N(C(=O)c2cc4cc([C@H]5CCOC(C)(C)C5)ccc4n2[C@@]2(c4noc(=O)[nH]4)C[C@@H]2C)CC32CCNCC2)cc(C)c1F. The number of aryl methyl sites for hydroxylation is 3. The average molecular weight is 952 g/mol. The van der Waals surface area contributed by atoms with Gasteiger partial charge >= 0.3 is 11.4 Å². The molecule has 2 saturated heterocycles. The Morgan fingerprint density at radius 2 is 1.64 bits per heavy atom. The third-order valence-corrected chi connectivity index (χ3v) is 16.1. The molecule has 1 aliphatic carbocycles. The first kappa shape index (κ1) is 44.3. The molecule has 0 radical (unpaired) electrons. The number of carbonyl (C=O) groups excluding carboxylic acids is 1. The smallest absolute Gasteiger partial charge is 0.376 e. The van der Waals surface area contributed by atoms with Crippen molar-refractivity contribution in [3.63, 3.8) is 0 Å². The highest BCUT2D eigenvalue weighted by Crippen LogP contribution is 2.56. The molecule has 4 atom stereocenters. The van der Waals surface area contributed by atoms with E-state index in [1.54, 1.807) is 60.7 Å². The van der Waals surface area contributed by atoms with Crippen LogP contribution in [0.15, 0.2) is 81.2 Å². The van der Waals surface area contributed by atoms with Crippen molar-refractivity contribution in [2.24, 2.45) is 13.0 Å². The molecule has 3 aromatic carbocycles. The number of aromatic nitrogens is 9. The first-order chi connectivity index (χ1) is 33.5. The van der Waals surface area contributed by atoms with Gasteiger partial charge in [0.15, 0.2) is 11.6 Å². The van der Waals surface area contributed by atoms with Crippen LogP contribution in [0.2, 0.25) is 0 Å². The Hall–Kier alpha value is -6.92. The minimum Gasteiger partial charge on any atom is -0.376 e. The standard InChI is InChI=1S/C52H55F2N11O5/c1-28-20-35(21-29(2)42(28)53)65-45(62-18-17-61(49(62)68)39-11-10-38-36(43(39)54)26-56-60(38)7)41-31(4)63(27-51(44(41)58-65)13-15-55-16-14-51)46(66)40-23-34-22-32(33-12-19-69-50(5,6)25-33)8-9-37(34)64(40)52(24-30(52)3)47-57-48(67)70-59-47/h8-11,17-18,20-23,26,30-31,33,55H,12-16,19,24-25,27H2,1-7H3,(H,57,59,67)/t30-,31-,33-,52-/m0/s1. The number of halogens is 2. The minimum atomic E-state index is -0.879. The number of benzene rings is 3. The van der Waals surface area contributed by atoms with Crippen molar-refractivity contribution in [1.82, 2.24) is 53.6 Å². The number of nitrogens with zero attached hydrogens (tertiary/aromatic N) is 9. The van der Waals surface area contributed by atoms with Crippen molar-refractivity contribution in [2.45, 2.75) is 102 Å². The Balaban J connectivity index is 1.06. The van der Waals surface area contributed by atoms with Crippen molar-refractivity contribution in [3.05, 3.63) is 139 Å².